The molecule has 0 aromatic rings. The first-order valence-corrected chi connectivity index (χ1v) is 14.7. The Morgan fingerprint density at radius 3 is 2.59 bits per heavy atom. The zero-order valence-corrected chi connectivity index (χ0v) is 20.3. The smallest absolute Gasteiger partial charge is 0.170 e. The van der Waals surface area contributed by atoms with E-state index in [0.29, 0.717) is 47.9 Å². The fourth-order valence-corrected chi connectivity index (χ4v) is 8.12. The lowest BCUT2D eigenvalue weighted by Gasteiger charge is -2.57. The third-order valence-corrected chi connectivity index (χ3v) is 10.1. The van der Waals surface area contributed by atoms with Crippen LogP contribution >= 0.6 is 0 Å². The van der Waals surface area contributed by atoms with Gasteiger partial charge >= 0.3 is 0 Å². The molecule has 4 aliphatic rings. The highest BCUT2D eigenvalue weighted by atomic mass is 28.3. The Labute approximate surface area is 178 Å². The van der Waals surface area contributed by atoms with Gasteiger partial charge in [0.2, 0.25) is 0 Å². The molecule has 4 aliphatic carbocycles. The highest BCUT2D eigenvalue weighted by molar-refractivity contribution is 6.48. The summed E-state index contributed by atoms with van der Waals surface area (Å²) < 4.78 is 6.18. The number of ketones is 1. The van der Waals surface area contributed by atoms with Crippen LogP contribution < -0.4 is 0 Å². The van der Waals surface area contributed by atoms with Gasteiger partial charge in [-0.3, -0.25) is 4.79 Å². The average molecular weight is 417 g/mol. The topological polar surface area (TPSA) is 43.4 Å². The van der Waals surface area contributed by atoms with Crippen molar-refractivity contribution in [3.63, 3.8) is 0 Å². The normalized spacial score (nSPS) is 42.1. The minimum Gasteiger partial charge on any atom is -0.420 e. The lowest BCUT2D eigenvalue weighted by atomic mass is 9.46. The minimum atomic E-state index is -1.15. The van der Waals surface area contributed by atoms with Crippen LogP contribution in [0.25, 0.3) is 0 Å². The first-order valence-electron chi connectivity index (χ1n) is 11.9. The Bertz CT molecular complexity index is 705. The van der Waals surface area contributed by atoms with Gasteiger partial charge in [0, 0.05) is 18.4 Å². The minimum absolute atomic E-state index is 0.254. The maximum Gasteiger partial charge on any atom is 0.170 e. The number of hydrogen-bond donors (Lipinski definition) is 0. The predicted octanol–water partition coefficient (Wildman–Crippen LogP) is 5.34. The SMILES string of the molecule is C[SiH](C)OC[C@]12CC[C@H]3[C@@H](CC=C4CC(C(C)(C)C)CC[C@@]43C=O)[C@@H]1CCC2=O. The Morgan fingerprint density at radius 2 is 1.93 bits per heavy atom. The van der Waals surface area contributed by atoms with Gasteiger partial charge in [0.15, 0.2) is 9.04 Å². The van der Waals surface area contributed by atoms with E-state index in [9.17, 15) is 9.59 Å². The van der Waals surface area contributed by atoms with Gasteiger partial charge in [-0.25, -0.2) is 0 Å². The number of hydrogen-bond acceptors (Lipinski definition) is 3. The maximum absolute atomic E-state index is 13.1. The number of rotatable bonds is 4. The first-order chi connectivity index (χ1) is 13.6. The van der Waals surface area contributed by atoms with Gasteiger partial charge in [-0.15, -0.1) is 0 Å². The van der Waals surface area contributed by atoms with Gasteiger partial charge in [0.25, 0.3) is 0 Å². The van der Waals surface area contributed by atoms with E-state index in [4.69, 9.17) is 4.43 Å². The van der Waals surface area contributed by atoms with Crippen molar-refractivity contribution in [3.8, 4) is 0 Å². The Kier molecular flexibility index (Phi) is 5.51. The highest BCUT2D eigenvalue weighted by Crippen LogP contribution is 2.64. The summed E-state index contributed by atoms with van der Waals surface area (Å²) in [6.45, 7) is 12.1. The monoisotopic (exact) mass is 416 g/mol. The van der Waals surface area contributed by atoms with E-state index in [1.54, 1.807) is 0 Å². The van der Waals surface area contributed by atoms with E-state index in [0.717, 1.165) is 44.9 Å². The molecule has 1 unspecified atom stereocenters. The van der Waals surface area contributed by atoms with Crippen LogP contribution in [0.5, 0.6) is 0 Å². The summed E-state index contributed by atoms with van der Waals surface area (Å²) in [4.78, 5) is 25.7. The fraction of sp³-hybridized carbons (Fsp3) is 0.840. The van der Waals surface area contributed by atoms with Crippen LogP contribution in [0, 0.1) is 39.9 Å². The Morgan fingerprint density at radius 1 is 1.17 bits per heavy atom. The Hall–Kier alpha value is -0.743. The summed E-state index contributed by atoms with van der Waals surface area (Å²) >= 11 is 0. The Balaban J connectivity index is 1.64. The number of fused-ring (bicyclic) bond motifs is 5. The molecular weight excluding hydrogens is 376 g/mol. The van der Waals surface area contributed by atoms with Gasteiger partial charge in [-0.1, -0.05) is 32.4 Å². The standard InChI is InChI=1S/C25H40O3Si/c1-23(2,3)17-10-12-24(15-26)18(14-17)6-7-19-20-8-9-22(27)25(20,13-11-21(19)24)16-28-29(4)5/h6,15,17,19-21,29H,7-14,16H2,1-5H3/t17?,19-,20-,21-,24+,25+/m0/s1. The molecule has 0 aliphatic heterocycles. The van der Waals surface area contributed by atoms with Gasteiger partial charge in [-0.05, 0) is 87.1 Å². The lowest BCUT2D eigenvalue weighted by Crippen LogP contribution is -2.54. The third kappa shape index (κ3) is 3.33. The summed E-state index contributed by atoms with van der Waals surface area (Å²) in [5, 5.41) is 0. The van der Waals surface area contributed by atoms with E-state index in [1.807, 2.05) is 0 Å². The van der Waals surface area contributed by atoms with Crippen molar-refractivity contribution in [2.24, 2.45) is 39.9 Å². The molecule has 3 saturated carbocycles. The molecule has 0 heterocycles. The second kappa shape index (κ2) is 7.44. The van der Waals surface area contributed by atoms with Crippen LogP contribution in [-0.4, -0.2) is 27.7 Å². The maximum atomic E-state index is 13.1. The highest BCUT2D eigenvalue weighted by Gasteiger charge is 2.62. The van der Waals surface area contributed by atoms with Crippen LogP contribution in [0.4, 0.5) is 0 Å². The molecule has 0 saturated heterocycles. The second-order valence-electron chi connectivity index (χ2n) is 11.8. The van der Waals surface area contributed by atoms with Crippen molar-refractivity contribution < 1.29 is 14.0 Å². The number of allylic oxidation sites excluding steroid dienone is 2. The average Bonchev–Trinajstić information content (AvgIpc) is 3.01. The molecule has 0 spiro atoms. The molecule has 29 heavy (non-hydrogen) atoms. The first kappa shape index (κ1) is 21.5. The molecule has 0 bridgehead atoms. The molecular formula is C25H40O3Si. The molecule has 0 radical (unpaired) electrons. The number of Topliss-reactive ketones (excluding diaryl/α,β-unsaturated/α-hetero) is 1. The summed E-state index contributed by atoms with van der Waals surface area (Å²) in [6, 6.07) is 0. The van der Waals surface area contributed by atoms with Gasteiger partial charge in [-0.2, -0.15) is 0 Å². The van der Waals surface area contributed by atoms with Crippen molar-refractivity contribution in [3.05, 3.63) is 11.6 Å². The van der Waals surface area contributed by atoms with Crippen LogP contribution in [0.3, 0.4) is 0 Å². The van der Waals surface area contributed by atoms with E-state index in [-0.39, 0.29) is 10.8 Å². The van der Waals surface area contributed by atoms with Gasteiger partial charge in [0.05, 0.1) is 5.41 Å². The van der Waals surface area contributed by atoms with Crippen molar-refractivity contribution in [2.75, 3.05) is 6.61 Å². The molecule has 0 N–H and O–H groups in total. The summed E-state index contributed by atoms with van der Waals surface area (Å²) in [5.74, 6) is 2.44. The molecule has 0 amide bonds. The lowest BCUT2D eigenvalue weighted by molar-refractivity contribution is -0.139. The zero-order valence-electron chi connectivity index (χ0n) is 19.1. The van der Waals surface area contributed by atoms with E-state index >= 15 is 0 Å². The van der Waals surface area contributed by atoms with E-state index in [2.05, 4.69) is 39.9 Å². The molecule has 0 aromatic heterocycles. The summed E-state index contributed by atoms with van der Waals surface area (Å²) in [5.41, 5.74) is 1.22. The number of aldehydes is 1. The largest absolute Gasteiger partial charge is 0.420 e. The van der Waals surface area contributed by atoms with Gasteiger partial charge in [0.1, 0.15) is 12.1 Å². The molecule has 3 nitrogen and oxygen atoms in total. The van der Waals surface area contributed by atoms with E-state index in [1.165, 1.54) is 11.9 Å². The summed E-state index contributed by atoms with van der Waals surface area (Å²) in [7, 11) is -1.15. The van der Waals surface area contributed by atoms with Crippen LogP contribution in [0.1, 0.15) is 72.1 Å². The van der Waals surface area contributed by atoms with Crippen LogP contribution in [-0.2, 0) is 14.0 Å². The van der Waals surface area contributed by atoms with Crippen LogP contribution in [0.15, 0.2) is 11.6 Å². The molecule has 3 fully saturated rings. The molecule has 4 rings (SSSR count). The van der Waals surface area contributed by atoms with Crippen LogP contribution in [0.2, 0.25) is 13.1 Å². The zero-order chi connectivity index (χ0) is 21.0. The molecule has 0 aromatic carbocycles. The second-order valence-corrected chi connectivity index (χ2v) is 14.3. The number of carbonyl (C=O) groups is 2. The molecule has 4 heteroatoms. The van der Waals surface area contributed by atoms with Crippen molar-refractivity contribution in [1.82, 2.24) is 0 Å². The summed E-state index contributed by atoms with van der Waals surface area (Å²) in [6.07, 6.45) is 11.7. The van der Waals surface area contributed by atoms with E-state index < -0.39 is 9.04 Å². The van der Waals surface area contributed by atoms with Crippen molar-refractivity contribution in [2.45, 2.75) is 85.2 Å². The fourth-order valence-electron chi connectivity index (χ4n) is 7.49. The van der Waals surface area contributed by atoms with Crippen molar-refractivity contribution >= 4 is 21.1 Å². The third-order valence-electron chi connectivity index (χ3n) is 9.26. The molecule has 162 valence electrons. The molecule has 6 atom stereocenters. The number of carbonyl (C=O) groups excluding carboxylic acids is 2. The van der Waals surface area contributed by atoms with Gasteiger partial charge < -0.3 is 9.22 Å². The van der Waals surface area contributed by atoms with Crippen molar-refractivity contribution in [1.29, 1.82) is 0 Å². The predicted molar refractivity (Wildman–Crippen MR) is 119 cm³/mol. The quantitative estimate of drug-likeness (QED) is 0.353.